The van der Waals surface area contributed by atoms with E-state index in [0.29, 0.717) is 12.5 Å². The third kappa shape index (κ3) is 3.89. The Hall–Kier alpha value is -0.690. The van der Waals surface area contributed by atoms with Gasteiger partial charge in [0.1, 0.15) is 0 Å². The number of morpholine rings is 1. The van der Waals surface area contributed by atoms with Crippen molar-refractivity contribution in [2.45, 2.75) is 31.3 Å². The van der Waals surface area contributed by atoms with Crippen LogP contribution >= 0.6 is 0 Å². The molecule has 2 heterocycles. The first-order valence-corrected chi connectivity index (χ1v) is 7.12. The summed E-state index contributed by atoms with van der Waals surface area (Å²) in [6, 6.07) is 0.626. The summed E-state index contributed by atoms with van der Waals surface area (Å²) >= 11 is 0. The lowest BCUT2D eigenvalue weighted by Gasteiger charge is -2.32. The van der Waals surface area contributed by atoms with Crippen molar-refractivity contribution in [2.24, 2.45) is 11.5 Å². The van der Waals surface area contributed by atoms with E-state index < -0.39 is 11.4 Å². The van der Waals surface area contributed by atoms with Crippen molar-refractivity contribution in [3.63, 3.8) is 0 Å². The standard InChI is InChI=1S/C13H26N4O2/c1-13(15,12(14)18)3-5-16-4-2-11(10-16)17-6-8-19-9-7-17/h11H,2-10,15H2,1H3,(H2,14,18). The van der Waals surface area contributed by atoms with Crippen LogP contribution in [0.5, 0.6) is 0 Å². The highest BCUT2D eigenvalue weighted by molar-refractivity contribution is 5.83. The van der Waals surface area contributed by atoms with E-state index in [-0.39, 0.29) is 0 Å². The number of hydrogen-bond donors (Lipinski definition) is 2. The summed E-state index contributed by atoms with van der Waals surface area (Å²) in [4.78, 5) is 16.1. The summed E-state index contributed by atoms with van der Waals surface area (Å²) in [7, 11) is 0. The van der Waals surface area contributed by atoms with E-state index >= 15 is 0 Å². The minimum absolute atomic E-state index is 0.420. The largest absolute Gasteiger partial charge is 0.379 e. The van der Waals surface area contributed by atoms with Crippen LogP contribution in [0.1, 0.15) is 19.8 Å². The number of ether oxygens (including phenoxy) is 1. The molecular formula is C13H26N4O2. The normalized spacial score (nSPS) is 29.3. The minimum atomic E-state index is -0.892. The molecule has 0 saturated carbocycles. The second-order valence-corrected chi connectivity index (χ2v) is 5.92. The van der Waals surface area contributed by atoms with Crippen LogP contribution in [0.4, 0.5) is 0 Å². The highest BCUT2D eigenvalue weighted by Gasteiger charge is 2.31. The Morgan fingerprint density at radius 1 is 1.37 bits per heavy atom. The summed E-state index contributed by atoms with van der Waals surface area (Å²) < 4.78 is 5.38. The molecule has 0 bridgehead atoms. The van der Waals surface area contributed by atoms with Crippen LogP contribution in [0.3, 0.4) is 0 Å². The van der Waals surface area contributed by atoms with Gasteiger partial charge in [-0.2, -0.15) is 0 Å². The molecule has 2 unspecified atom stereocenters. The zero-order valence-corrected chi connectivity index (χ0v) is 11.8. The molecule has 0 aromatic rings. The van der Waals surface area contributed by atoms with Gasteiger partial charge < -0.3 is 21.1 Å². The molecule has 2 rings (SSSR count). The monoisotopic (exact) mass is 270 g/mol. The van der Waals surface area contributed by atoms with Crippen molar-refractivity contribution in [2.75, 3.05) is 45.9 Å². The predicted molar refractivity (Wildman–Crippen MR) is 73.6 cm³/mol. The number of nitrogens with zero attached hydrogens (tertiary/aromatic N) is 2. The van der Waals surface area contributed by atoms with E-state index in [4.69, 9.17) is 16.2 Å². The molecule has 0 spiro atoms. The third-order valence-electron chi connectivity index (χ3n) is 4.32. The van der Waals surface area contributed by atoms with Gasteiger partial charge in [0.2, 0.25) is 5.91 Å². The average molecular weight is 270 g/mol. The van der Waals surface area contributed by atoms with Crippen molar-refractivity contribution >= 4 is 5.91 Å². The summed E-state index contributed by atoms with van der Waals surface area (Å²) in [5.41, 5.74) is 10.3. The summed E-state index contributed by atoms with van der Waals surface area (Å²) in [6.45, 7) is 8.47. The molecule has 19 heavy (non-hydrogen) atoms. The SMILES string of the molecule is CC(N)(CCN1CCC(N2CCOCC2)C1)C(N)=O. The molecule has 1 amide bonds. The second kappa shape index (κ2) is 6.17. The number of hydrogen-bond acceptors (Lipinski definition) is 5. The molecule has 6 nitrogen and oxygen atoms in total. The van der Waals surface area contributed by atoms with Gasteiger partial charge in [0.25, 0.3) is 0 Å². The zero-order valence-electron chi connectivity index (χ0n) is 11.8. The Bertz CT molecular complexity index is 316. The molecule has 6 heteroatoms. The molecule has 0 aromatic heterocycles. The van der Waals surface area contributed by atoms with Gasteiger partial charge in [0.15, 0.2) is 0 Å². The summed E-state index contributed by atoms with van der Waals surface area (Å²) in [5, 5.41) is 0. The number of amides is 1. The van der Waals surface area contributed by atoms with Crippen molar-refractivity contribution in [1.82, 2.24) is 9.80 Å². The Kier molecular flexibility index (Phi) is 4.78. The molecule has 2 aliphatic heterocycles. The lowest BCUT2D eigenvalue weighted by atomic mass is 9.98. The minimum Gasteiger partial charge on any atom is -0.379 e. The molecule has 4 N–H and O–H groups in total. The molecular weight excluding hydrogens is 244 g/mol. The maximum Gasteiger partial charge on any atom is 0.237 e. The van der Waals surface area contributed by atoms with Gasteiger partial charge in [0.05, 0.1) is 18.8 Å². The van der Waals surface area contributed by atoms with Crippen LogP contribution in [0, 0.1) is 0 Å². The molecule has 2 aliphatic rings. The molecule has 2 saturated heterocycles. The van der Waals surface area contributed by atoms with Crippen LogP contribution in [0.25, 0.3) is 0 Å². The Morgan fingerprint density at radius 3 is 2.68 bits per heavy atom. The van der Waals surface area contributed by atoms with Crippen molar-refractivity contribution in [1.29, 1.82) is 0 Å². The van der Waals surface area contributed by atoms with Crippen molar-refractivity contribution < 1.29 is 9.53 Å². The molecule has 0 radical (unpaired) electrons. The van der Waals surface area contributed by atoms with E-state index in [1.54, 1.807) is 6.92 Å². The fraction of sp³-hybridized carbons (Fsp3) is 0.923. The lowest BCUT2D eigenvalue weighted by molar-refractivity contribution is -0.122. The van der Waals surface area contributed by atoms with E-state index in [1.165, 1.54) is 6.42 Å². The predicted octanol–water partition coefficient (Wildman–Crippen LogP) is -1.01. The average Bonchev–Trinajstić information content (AvgIpc) is 2.86. The van der Waals surface area contributed by atoms with Crippen LogP contribution < -0.4 is 11.5 Å². The molecule has 0 aliphatic carbocycles. The molecule has 2 fully saturated rings. The number of rotatable bonds is 5. The highest BCUT2D eigenvalue weighted by atomic mass is 16.5. The first kappa shape index (κ1) is 14.7. The van der Waals surface area contributed by atoms with Gasteiger partial charge in [-0.15, -0.1) is 0 Å². The topological polar surface area (TPSA) is 84.8 Å². The van der Waals surface area contributed by atoms with E-state index in [0.717, 1.165) is 45.9 Å². The smallest absolute Gasteiger partial charge is 0.237 e. The summed E-state index contributed by atoms with van der Waals surface area (Å²) in [6.07, 6.45) is 1.82. The van der Waals surface area contributed by atoms with Crippen LogP contribution in [0.2, 0.25) is 0 Å². The second-order valence-electron chi connectivity index (χ2n) is 5.92. The van der Waals surface area contributed by atoms with Gasteiger partial charge in [-0.25, -0.2) is 0 Å². The van der Waals surface area contributed by atoms with Gasteiger partial charge in [-0.3, -0.25) is 9.69 Å². The first-order valence-electron chi connectivity index (χ1n) is 7.12. The zero-order chi connectivity index (χ0) is 13.9. The highest BCUT2D eigenvalue weighted by Crippen LogP contribution is 2.18. The van der Waals surface area contributed by atoms with E-state index in [2.05, 4.69) is 9.80 Å². The van der Waals surface area contributed by atoms with Crippen molar-refractivity contribution in [3.8, 4) is 0 Å². The van der Waals surface area contributed by atoms with Gasteiger partial charge in [-0.05, 0) is 26.3 Å². The first-order chi connectivity index (χ1) is 8.99. The number of carbonyl (C=O) groups excluding carboxylic acids is 1. The number of likely N-dealkylation sites (tertiary alicyclic amines) is 1. The Balaban J connectivity index is 1.74. The quantitative estimate of drug-likeness (QED) is 0.668. The maximum atomic E-state index is 11.2. The fourth-order valence-electron chi connectivity index (χ4n) is 2.77. The van der Waals surface area contributed by atoms with Crippen LogP contribution in [0.15, 0.2) is 0 Å². The maximum absolute atomic E-state index is 11.2. The number of carbonyl (C=O) groups is 1. The van der Waals surface area contributed by atoms with Gasteiger partial charge in [-0.1, -0.05) is 0 Å². The van der Waals surface area contributed by atoms with E-state index in [9.17, 15) is 4.79 Å². The Labute approximate surface area is 115 Å². The molecule has 2 atom stereocenters. The third-order valence-corrected chi connectivity index (χ3v) is 4.32. The van der Waals surface area contributed by atoms with Crippen LogP contribution in [-0.4, -0.2) is 73.2 Å². The number of nitrogens with two attached hydrogens (primary N) is 2. The molecule has 110 valence electrons. The summed E-state index contributed by atoms with van der Waals surface area (Å²) in [5.74, 6) is -0.420. The van der Waals surface area contributed by atoms with Gasteiger partial charge >= 0.3 is 0 Å². The molecule has 0 aromatic carbocycles. The van der Waals surface area contributed by atoms with Crippen LogP contribution in [-0.2, 0) is 9.53 Å². The number of primary amides is 1. The van der Waals surface area contributed by atoms with Crippen molar-refractivity contribution in [3.05, 3.63) is 0 Å². The lowest BCUT2D eigenvalue weighted by Crippen LogP contribution is -2.51. The fourth-order valence-corrected chi connectivity index (χ4v) is 2.77. The van der Waals surface area contributed by atoms with E-state index in [1.807, 2.05) is 0 Å². The van der Waals surface area contributed by atoms with Gasteiger partial charge in [0, 0.05) is 32.2 Å². The Morgan fingerprint density at radius 2 is 2.05 bits per heavy atom.